The van der Waals surface area contributed by atoms with E-state index in [2.05, 4.69) is 15.3 Å². The van der Waals surface area contributed by atoms with Crippen LogP contribution in [0.4, 0.5) is 0 Å². The SMILES string of the molecule is COc1ccc(-c2nn3c(-c4cccc(OC)c4)nnc3s2)cc1. The number of hydrogen-bond donors (Lipinski definition) is 0. The van der Waals surface area contributed by atoms with Gasteiger partial charge in [-0.2, -0.15) is 9.61 Å². The number of methoxy groups -OCH3 is 2. The van der Waals surface area contributed by atoms with Gasteiger partial charge in [-0.15, -0.1) is 10.2 Å². The molecule has 0 saturated carbocycles. The normalized spacial score (nSPS) is 10.9. The number of fused-ring (bicyclic) bond motifs is 1. The van der Waals surface area contributed by atoms with Crippen molar-refractivity contribution in [1.82, 2.24) is 19.8 Å². The molecular formula is C17H14N4O2S. The van der Waals surface area contributed by atoms with Crippen LogP contribution in [-0.4, -0.2) is 34.0 Å². The van der Waals surface area contributed by atoms with Crippen LogP contribution < -0.4 is 9.47 Å². The molecule has 0 bridgehead atoms. The van der Waals surface area contributed by atoms with E-state index in [9.17, 15) is 0 Å². The summed E-state index contributed by atoms with van der Waals surface area (Å²) in [6, 6.07) is 15.5. The molecule has 2 aromatic carbocycles. The molecule has 2 heterocycles. The van der Waals surface area contributed by atoms with Crippen molar-refractivity contribution in [2.24, 2.45) is 0 Å². The molecule has 0 aliphatic heterocycles. The molecule has 0 aliphatic carbocycles. The van der Waals surface area contributed by atoms with Crippen LogP contribution in [0.5, 0.6) is 11.5 Å². The van der Waals surface area contributed by atoms with Gasteiger partial charge in [0.1, 0.15) is 16.5 Å². The zero-order chi connectivity index (χ0) is 16.5. The van der Waals surface area contributed by atoms with Gasteiger partial charge in [0.15, 0.2) is 5.82 Å². The lowest BCUT2D eigenvalue weighted by Crippen LogP contribution is -1.92. The largest absolute Gasteiger partial charge is 0.497 e. The molecule has 0 spiro atoms. The van der Waals surface area contributed by atoms with Crippen LogP contribution in [0.1, 0.15) is 0 Å². The van der Waals surface area contributed by atoms with Gasteiger partial charge in [-0.25, -0.2) is 0 Å². The van der Waals surface area contributed by atoms with Crippen molar-refractivity contribution in [2.45, 2.75) is 0 Å². The Kier molecular flexibility index (Phi) is 3.62. The van der Waals surface area contributed by atoms with E-state index in [0.717, 1.165) is 32.6 Å². The zero-order valence-electron chi connectivity index (χ0n) is 13.1. The zero-order valence-corrected chi connectivity index (χ0v) is 13.9. The summed E-state index contributed by atoms with van der Waals surface area (Å²) in [6.45, 7) is 0. The highest BCUT2D eigenvalue weighted by Crippen LogP contribution is 2.29. The molecule has 6 nitrogen and oxygen atoms in total. The van der Waals surface area contributed by atoms with Gasteiger partial charge in [-0.05, 0) is 36.4 Å². The summed E-state index contributed by atoms with van der Waals surface area (Å²) in [5, 5.41) is 14.0. The molecule has 0 amide bonds. The molecule has 120 valence electrons. The number of aromatic nitrogens is 4. The van der Waals surface area contributed by atoms with Crippen molar-refractivity contribution in [3.63, 3.8) is 0 Å². The van der Waals surface area contributed by atoms with Crippen LogP contribution in [0, 0.1) is 0 Å². The van der Waals surface area contributed by atoms with Gasteiger partial charge in [0.2, 0.25) is 4.96 Å². The van der Waals surface area contributed by atoms with Gasteiger partial charge in [0.05, 0.1) is 14.2 Å². The molecule has 0 radical (unpaired) electrons. The van der Waals surface area contributed by atoms with Gasteiger partial charge in [0, 0.05) is 11.1 Å². The van der Waals surface area contributed by atoms with Crippen molar-refractivity contribution in [3.8, 4) is 33.5 Å². The maximum Gasteiger partial charge on any atom is 0.235 e. The van der Waals surface area contributed by atoms with Crippen LogP contribution in [0.15, 0.2) is 48.5 Å². The molecule has 4 aromatic rings. The number of hydrogen-bond acceptors (Lipinski definition) is 6. The topological polar surface area (TPSA) is 61.5 Å². The Morgan fingerprint density at radius 1 is 0.875 bits per heavy atom. The van der Waals surface area contributed by atoms with E-state index in [-0.39, 0.29) is 0 Å². The molecule has 0 unspecified atom stereocenters. The molecule has 24 heavy (non-hydrogen) atoms. The van der Waals surface area contributed by atoms with Crippen LogP contribution >= 0.6 is 11.3 Å². The molecule has 0 atom stereocenters. The fourth-order valence-corrected chi connectivity index (χ4v) is 3.25. The van der Waals surface area contributed by atoms with Crippen LogP contribution in [0.2, 0.25) is 0 Å². The third-order valence-electron chi connectivity index (χ3n) is 3.66. The fourth-order valence-electron chi connectivity index (χ4n) is 2.41. The summed E-state index contributed by atoms with van der Waals surface area (Å²) >= 11 is 1.50. The van der Waals surface area contributed by atoms with E-state index < -0.39 is 0 Å². The minimum Gasteiger partial charge on any atom is -0.497 e. The molecule has 0 fully saturated rings. The second kappa shape index (κ2) is 5.93. The Bertz CT molecular complexity index is 991. The summed E-state index contributed by atoms with van der Waals surface area (Å²) in [4.78, 5) is 0.749. The van der Waals surface area contributed by atoms with Gasteiger partial charge in [-0.1, -0.05) is 23.5 Å². The van der Waals surface area contributed by atoms with Crippen LogP contribution in [0.3, 0.4) is 0 Å². The highest BCUT2D eigenvalue weighted by molar-refractivity contribution is 7.19. The molecular weight excluding hydrogens is 324 g/mol. The number of nitrogens with zero attached hydrogens (tertiary/aromatic N) is 4. The Labute approximate surface area is 142 Å². The van der Waals surface area contributed by atoms with Crippen molar-refractivity contribution in [2.75, 3.05) is 14.2 Å². The minimum absolute atomic E-state index is 0.694. The monoisotopic (exact) mass is 338 g/mol. The van der Waals surface area contributed by atoms with E-state index in [1.807, 2.05) is 48.5 Å². The van der Waals surface area contributed by atoms with E-state index >= 15 is 0 Å². The first-order valence-corrected chi connectivity index (χ1v) is 8.11. The maximum absolute atomic E-state index is 5.27. The second-order valence-corrected chi connectivity index (χ2v) is 6.04. The third-order valence-corrected chi connectivity index (χ3v) is 4.60. The Morgan fingerprint density at radius 3 is 2.42 bits per heavy atom. The standard InChI is InChI=1S/C17H14N4O2S/c1-22-13-8-6-11(7-9-13)16-20-21-15(18-19-17(21)24-16)12-4-3-5-14(10-12)23-2/h3-10H,1-2H3. The summed E-state index contributed by atoms with van der Waals surface area (Å²) in [5.74, 6) is 2.29. The van der Waals surface area contributed by atoms with Crippen LogP contribution in [0.25, 0.3) is 26.9 Å². The van der Waals surface area contributed by atoms with Crippen molar-refractivity contribution in [1.29, 1.82) is 0 Å². The lowest BCUT2D eigenvalue weighted by Gasteiger charge is -2.02. The highest BCUT2D eigenvalue weighted by Gasteiger charge is 2.15. The summed E-state index contributed by atoms with van der Waals surface area (Å²) in [5.41, 5.74) is 1.93. The second-order valence-electron chi connectivity index (χ2n) is 5.09. The van der Waals surface area contributed by atoms with Crippen molar-refractivity contribution in [3.05, 3.63) is 48.5 Å². The minimum atomic E-state index is 0.694. The molecule has 7 heteroatoms. The number of benzene rings is 2. The van der Waals surface area contributed by atoms with E-state index in [1.54, 1.807) is 18.7 Å². The van der Waals surface area contributed by atoms with Crippen LogP contribution in [-0.2, 0) is 0 Å². The van der Waals surface area contributed by atoms with Crippen molar-refractivity contribution >= 4 is 16.3 Å². The van der Waals surface area contributed by atoms with E-state index in [0.29, 0.717) is 5.82 Å². The predicted octanol–water partition coefficient (Wildman–Crippen LogP) is 3.54. The smallest absolute Gasteiger partial charge is 0.235 e. The van der Waals surface area contributed by atoms with Gasteiger partial charge < -0.3 is 9.47 Å². The predicted molar refractivity (Wildman–Crippen MR) is 92.6 cm³/mol. The first-order valence-electron chi connectivity index (χ1n) is 7.29. The lowest BCUT2D eigenvalue weighted by atomic mass is 10.2. The molecule has 0 aliphatic rings. The molecule has 2 aromatic heterocycles. The van der Waals surface area contributed by atoms with Crippen molar-refractivity contribution < 1.29 is 9.47 Å². The lowest BCUT2D eigenvalue weighted by molar-refractivity contribution is 0.415. The molecule has 0 N–H and O–H groups in total. The summed E-state index contributed by atoms with van der Waals surface area (Å²) < 4.78 is 12.2. The van der Waals surface area contributed by atoms with E-state index in [1.165, 1.54) is 11.3 Å². The first kappa shape index (κ1) is 14.6. The Morgan fingerprint density at radius 2 is 1.67 bits per heavy atom. The van der Waals surface area contributed by atoms with E-state index in [4.69, 9.17) is 9.47 Å². The maximum atomic E-state index is 5.27. The molecule has 0 saturated heterocycles. The summed E-state index contributed by atoms with van der Waals surface area (Å²) in [7, 11) is 3.29. The number of ether oxygens (including phenoxy) is 2. The van der Waals surface area contributed by atoms with Gasteiger partial charge in [-0.3, -0.25) is 0 Å². The third kappa shape index (κ3) is 2.48. The Hall–Kier alpha value is -2.93. The summed E-state index contributed by atoms with van der Waals surface area (Å²) in [6.07, 6.45) is 0. The average molecular weight is 338 g/mol. The van der Waals surface area contributed by atoms with Gasteiger partial charge >= 0.3 is 0 Å². The Balaban J connectivity index is 1.77. The fraction of sp³-hybridized carbons (Fsp3) is 0.118. The quantitative estimate of drug-likeness (QED) is 0.569. The highest BCUT2D eigenvalue weighted by atomic mass is 32.1. The molecule has 4 rings (SSSR count). The first-order chi connectivity index (χ1) is 11.8. The average Bonchev–Trinajstić information content (AvgIpc) is 3.22. The van der Waals surface area contributed by atoms with Gasteiger partial charge in [0.25, 0.3) is 0 Å². The number of rotatable bonds is 4.